The number of pyridine rings is 1. The van der Waals surface area contributed by atoms with Crippen LogP contribution in [0.5, 0.6) is 5.75 Å². The van der Waals surface area contributed by atoms with E-state index in [0.717, 1.165) is 55.8 Å². The van der Waals surface area contributed by atoms with Crippen molar-refractivity contribution in [1.29, 1.82) is 0 Å². The number of piperidine rings is 1. The van der Waals surface area contributed by atoms with Gasteiger partial charge in [-0.15, -0.1) is 0 Å². The fourth-order valence-corrected chi connectivity index (χ4v) is 4.92. The van der Waals surface area contributed by atoms with Crippen molar-refractivity contribution in [2.24, 2.45) is 0 Å². The summed E-state index contributed by atoms with van der Waals surface area (Å²) in [5.41, 5.74) is 3.92. The summed E-state index contributed by atoms with van der Waals surface area (Å²) in [6, 6.07) is 2.02. The maximum Gasteiger partial charge on any atom is 0.413 e. The van der Waals surface area contributed by atoms with Crippen molar-refractivity contribution < 1.29 is 19.4 Å². The number of rotatable bonds is 11. The third-order valence-electron chi connectivity index (χ3n) is 6.87. The summed E-state index contributed by atoms with van der Waals surface area (Å²) < 4.78 is 12.3. The summed E-state index contributed by atoms with van der Waals surface area (Å²) >= 11 is 0. The van der Waals surface area contributed by atoms with Gasteiger partial charge in [-0.25, -0.2) is 9.78 Å². The SMILES string of the molecule is CCC[C@@H](CCO)Nc1nc(NC(=O)OC)nc2c(C)nn(Cc3cnc(C4CCNCC4)cc3OC)c12. The lowest BCUT2D eigenvalue weighted by Gasteiger charge is -2.23. The van der Waals surface area contributed by atoms with Gasteiger partial charge >= 0.3 is 6.09 Å². The van der Waals surface area contributed by atoms with Crippen LogP contribution in [0.4, 0.5) is 16.6 Å². The monoisotopic (exact) mass is 526 g/mol. The van der Waals surface area contributed by atoms with Gasteiger partial charge < -0.3 is 25.2 Å². The van der Waals surface area contributed by atoms with Gasteiger partial charge in [-0.05, 0) is 45.7 Å². The molecule has 1 aliphatic heterocycles. The first kappa shape index (κ1) is 27.5. The number of hydrogen-bond donors (Lipinski definition) is 4. The predicted molar refractivity (Wildman–Crippen MR) is 145 cm³/mol. The maximum absolute atomic E-state index is 11.9. The number of nitrogens with zero attached hydrogens (tertiary/aromatic N) is 5. The van der Waals surface area contributed by atoms with E-state index in [2.05, 4.69) is 32.8 Å². The summed E-state index contributed by atoms with van der Waals surface area (Å²) in [7, 11) is 2.95. The summed E-state index contributed by atoms with van der Waals surface area (Å²) in [4.78, 5) is 25.8. The van der Waals surface area contributed by atoms with Gasteiger partial charge in [0.1, 0.15) is 16.8 Å². The molecule has 0 unspecified atom stereocenters. The fourth-order valence-electron chi connectivity index (χ4n) is 4.92. The number of nitrogens with one attached hydrogen (secondary N) is 3. The molecule has 0 aromatic carbocycles. The van der Waals surface area contributed by atoms with Crippen LogP contribution in [0.25, 0.3) is 11.0 Å². The van der Waals surface area contributed by atoms with Crippen molar-refractivity contribution in [1.82, 2.24) is 30.0 Å². The van der Waals surface area contributed by atoms with Gasteiger partial charge in [-0.1, -0.05) is 13.3 Å². The lowest BCUT2D eigenvalue weighted by atomic mass is 9.93. The number of carbonyl (C=O) groups is 1. The number of aliphatic hydroxyl groups is 1. The van der Waals surface area contributed by atoms with Crippen molar-refractivity contribution in [2.75, 3.05) is 44.5 Å². The first-order valence-electron chi connectivity index (χ1n) is 13.2. The number of amides is 1. The largest absolute Gasteiger partial charge is 0.496 e. The Labute approximate surface area is 222 Å². The predicted octanol–water partition coefficient (Wildman–Crippen LogP) is 3.19. The van der Waals surface area contributed by atoms with Crippen molar-refractivity contribution >= 4 is 28.9 Å². The second-order valence-electron chi connectivity index (χ2n) is 9.54. The minimum atomic E-state index is -0.662. The molecular weight excluding hydrogens is 488 g/mol. The fraction of sp³-hybridized carbons (Fsp3) is 0.577. The molecule has 1 atom stereocenters. The molecule has 1 saturated heterocycles. The van der Waals surface area contributed by atoms with Crippen molar-refractivity contribution in [3.8, 4) is 5.75 Å². The molecule has 38 heavy (non-hydrogen) atoms. The summed E-state index contributed by atoms with van der Waals surface area (Å²) in [6.07, 6.45) is 5.65. The molecule has 0 radical (unpaired) electrons. The number of aromatic nitrogens is 5. The summed E-state index contributed by atoms with van der Waals surface area (Å²) in [5, 5.41) is 23.8. The minimum Gasteiger partial charge on any atom is -0.496 e. The van der Waals surface area contributed by atoms with Crippen molar-refractivity contribution in [3.63, 3.8) is 0 Å². The van der Waals surface area contributed by atoms with E-state index in [4.69, 9.17) is 19.6 Å². The van der Waals surface area contributed by atoms with Crippen LogP contribution in [-0.2, 0) is 11.3 Å². The molecule has 1 fully saturated rings. The number of fused-ring (bicyclic) bond motifs is 1. The second kappa shape index (κ2) is 12.8. The van der Waals surface area contributed by atoms with E-state index in [0.29, 0.717) is 41.4 Å². The highest BCUT2D eigenvalue weighted by Gasteiger charge is 2.22. The Bertz CT molecular complexity index is 1240. The lowest BCUT2D eigenvalue weighted by Crippen LogP contribution is -2.27. The molecule has 12 heteroatoms. The van der Waals surface area contributed by atoms with Crippen LogP contribution in [0.1, 0.15) is 61.9 Å². The first-order valence-corrected chi connectivity index (χ1v) is 13.2. The Morgan fingerprint density at radius 3 is 2.74 bits per heavy atom. The molecule has 1 amide bonds. The zero-order chi connectivity index (χ0) is 27.1. The Morgan fingerprint density at radius 2 is 2.05 bits per heavy atom. The molecule has 1 aliphatic rings. The smallest absolute Gasteiger partial charge is 0.413 e. The normalized spacial score (nSPS) is 14.9. The highest BCUT2D eigenvalue weighted by atomic mass is 16.5. The third-order valence-corrected chi connectivity index (χ3v) is 6.87. The molecule has 206 valence electrons. The molecular formula is C26H38N8O4. The second-order valence-corrected chi connectivity index (χ2v) is 9.54. The van der Waals surface area contributed by atoms with Gasteiger partial charge in [0.2, 0.25) is 5.95 Å². The van der Waals surface area contributed by atoms with Crippen LogP contribution in [0.2, 0.25) is 0 Å². The van der Waals surface area contributed by atoms with Gasteiger partial charge in [0.15, 0.2) is 5.82 Å². The third kappa shape index (κ3) is 6.30. The molecule has 12 nitrogen and oxygen atoms in total. The molecule has 0 spiro atoms. The van der Waals surface area contributed by atoms with E-state index in [9.17, 15) is 9.90 Å². The van der Waals surface area contributed by atoms with Crippen molar-refractivity contribution in [2.45, 2.75) is 64.5 Å². The van der Waals surface area contributed by atoms with Crippen LogP contribution in [0, 0.1) is 6.92 Å². The highest BCUT2D eigenvalue weighted by Crippen LogP contribution is 2.31. The van der Waals surface area contributed by atoms with Crippen molar-refractivity contribution in [3.05, 3.63) is 29.2 Å². The van der Waals surface area contributed by atoms with E-state index >= 15 is 0 Å². The molecule has 0 aliphatic carbocycles. The average Bonchev–Trinajstić information content (AvgIpc) is 3.24. The van der Waals surface area contributed by atoms with Crippen LogP contribution >= 0.6 is 0 Å². The Balaban J connectivity index is 1.73. The zero-order valence-corrected chi connectivity index (χ0v) is 22.6. The number of aryl methyl sites for hydroxylation is 1. The molecule has 0 bridgehead atoms. The summed E-state index contributed by atoms with van der Waals surface area (Å²) in [5.74, 6) is 1.81. The standard InChI is InChI=1S/C26H38N8O4/c1-5-6-19(9-12-35)29-24-23-22(30-25(31-24)32-26(36)38-4)16(2)33-34(23)15-18-14-28-20(13-21(18)37-3)17-7-10-27-11-8-17/h13-14,17,19,27,35H,5-12,15H2,1-4H3,(H2,29,30,31,32,36)/t19-/m0/s1. The quantitative estimate of drug-likeness (QED) is 0.293. The number of aliphatic hydroxyl groups excluding tert-OH is 1. The van der Waals surface area contributed by atoms with Crippen LogP contribution in [-0.4, -0.2) is 75.9 Å². The van der Waals surface area contributed by atoms with Gasteiger partial charge in [-0.3, -0.25) is 15.0 Å². The number of anilines is 2. The zero-order valence-electron chi connectivity index (χ0n) is 22.6. The number of hydrogen-bond acceptors (Lipinski definition) is 10. The number of ether oxygens (including phenoxy) is 2. The highest BCUT2D eigenvalue weighted by molar-refractivity contribution is 5.91. The van der Waals surface area contributed by atoms with Crippen LogP contribution in [0.3, 0.4) is 0 Å². The Kier molecular flexibility index (Phi) is 9.29. The number of carbonyl (C=O) groups excluding carboxylic acids is 1. The van der Waals surface area contributed by atoms with E-state index < -0.39 is 6.09 Å². The first-order chi connectivity index (χ1) is 18.5. The number of methoxy groups -OCH3 is 2. The molecule has 4 N–H and O–H groups in total. The molecule has 4 heterocycles. The minimum absolute atomic E-state index is 0.0156. The van der Waals surface area contributed by atoms with E-state index in [1.54, 1.807) is 7.11 Å². The van der Waals surface area contributed by atoms with E-state index in [1.807, 2.05) is 23.9 Å². The van der Waals surface area contributed by atoms with Gasteiger partial charge in [0, 0.05) is 42.1 Å². The average molecular weight is 527 g/mol. The maximum atomic E-state index is 11.9. The topological polar surface area (TPSA) is 148 Å². The van der Waals surface area contributed by atoms with Gasteiger partial charge in [0.05, 0.1) is 26.5 Å². The van der Waals surface area contributed by atoms with E-state index in [1.165, 1.54) is 7.11 Å². The van der Waals surface area contributed by atoms with Crippen LogP contribution < -0.4 is 20.7 Å². The van der Waals surface area contributed by atoms with Gasteiger partial charge in [-0.2, -0.15) is 10.1 Å². The Hall–Kier alpha value is -3.51. The summed E-state index contributed by atoms with van der Waals surface area (Å²) in [6.45, 7) is 6.38. The Morgan fingerprint density at radius 1 is 1.26 bits per heavy atom. The van der Waals surface area contributed by atoms with Crippen LogP contribution in [0.15, 0.2) is 12.3 Å². The molecule has 0 saturated carbocycles. The van der Waals surface area contributed by atoms with E-state index in [-0.39, 0.29) is 18.6 Å². The van der Waals surface area contributed by atoms with Gasteiger partial charge in [0.25, 0.3) is 0 Å². The lowest BCUT2D eigenvalue weighted by molar-refractivity contribution is 0.186. The molecule has 4 rings (SSSR count). The molecule has 3 aromatic heterocycles. The molecule has 3 aromatic rings.